The normalized spacial score (nSPS) is 14.0. The molecule has 0 heterocycles. The Kier molecular flexibility index (Phi) is 5.15. The second-order valence-electron chi connectivity index (χ2n) is 3.71. The largest absolute Gasteiger partial charge is 0.392 e. The van der Waals surface area contributed by atoms with Crippen LogP contribution in [0.2, 0.25) is 0 Å². The van der Waals surface area contributed by atoms with Crippen molar-refractivity contribution in [3.8, 4) is 0 Å². The summed E-state index contributed by atoms with van der Waals surface area (Å²) < 4.78 is 26.7. The van der Waals surface area contributed by atoms with Gasteiger partial charge < -0.3 is 5.11 Å². The molecule has 0 spiro atoms. The number of sulfonamides is 1. The highest BCUT2D eigenvalue weighted by atomic mass is 79.9. The molecule has 1 aromatic carbocycles. The molecule has 1 atom stereocenters. The van der Waals surface area contributed by atoms with E-state index in [-0.39, 0.29) is 11.4 Å². The number of likely N-dealkylation sites (N-methyl/N-ethyl adjacent to an activating group) is 1. The first-order chi connectivity index (χ1) is 7.75. The van der Waals surface area contributed by atoms with E-state index in [4.69, 9.17) is 0 Å². The first-order valence-corrected chi connectivity index (χ1v) is 7.87. The summed E-state index contributed by atoms with van der Waals surface area (Å²) >= 11 is 6.45. The van der Waals surface area contributed by atoms with E-state index in [2.05, 4.69) is 31.9 Å². The van der Waals surface area contributed by atoms with Gasteiger partial charge in [0.2, 0.25) is 10.0 Å². The third kappa shape index (κ3) is 3.75. The Labute approximate surface area is 118 Å². The molecule has 0 amide bonds. The van der Waals surface area contributed by atoms with Crippen molar-refractivity contribution in [3.05, 3.63) is 27.1 Å². The molecule has 0 radical (unpaired) electrons. The molecule has 1 N–H and O–H groups in total. The summed E-state index contributed by atoms with van der Waals surface area (Å²) in [5.41, 5.74) is 0. The lowest BCUT2D eigenvalue weighted by Crippen LogP contribution is -2.33. The lowest BCUT2D eigenvalue weighted by Gasteiger charge is -2.19. The Hall–Kier alpha value is 0.0500. The minimum Gasteiger partial charge on any atom is -0.392 e. The molecule has 0 bridgehead atoms. The molecule has 0 aliphatic rings. The van der Waals surface area contributed by atoms with Gasteiger partial charge in [0.05, 0.1) is 11.0 Å². The molecule has 7 heteroatoms. The fourth-order valence-electron chi connectivity index (χ4n) is 1.31. The lowest BCUT2D eigenvalue weighted by molar-refractivity contribution is 0.171. The Morgan fingerprint density at radius 1 is 1.41 bits per heavy atom. The van der Waals surface area contributed by atoms with Crippen molar-refractivity contribution in [2.24, 2.45) is 0 Å². The van der Waals surface area contributed by atoms with Crippen LogP contribution in [-0.2, 0) is 10.0 Å². The van der Waals surface area contributed by atoms with Crippen LogP contribution in [0.1, 0.15) is 6.92 Å². The minimum atomic E-state index is -3.59. The van der Waals surface area contributed by atoms with Gasteiger partial charge in [-0.15, -0.1) is 0 Å². The Morgan fingerprint density at radius 3 is 2.53 bits per heavy atom. The predicted octanol–water partition coefficient (Wildman–Crippen LogP) is 2.21. The number of hydrogen-bond acceptors (Lipinski definition) is 3. The van der Waals surface area contributed by atoms with E-state index in [0.717, 1.165) is 4.31 Å². The second kappa shape index (κ2) is 5.79. The van der Waals surface area contributed by atoms with E-state index < -0.39 is 16.1 Å². The second-order valence-corrected chi connectivity index (χ2v) is 7.49. The first-order valence-electron chi connectivity index (χ1n) is 4.84. The summed E-state index contributed by atoms with van der Waals surface area (Å²) in [5.74, 6) is 0. The zero-order valence-corrected chi connectivity index (χ0v) is 13.4. The van der Waals surface area contributed by atoms with Crippen molar-refractivity contribution in [2.45, 2.75) is 17.9 Å². The van der Waals surface area contributed by atoms with Crippen LogP contribution in [-0.4, -0.2) is 37.5 Å². The average molecular weight is 387 g/mol. The van der Waals surface area contributed by atoms with E-state index in [1.165, 1.54) is 13.1 Å². The summed E-state index contributed by atoms with van der Waals surface area (Å²) in [6, 6.07) is 4.93. The van der Waals surface area contributed by atoms with E-state index in [1.54, 1.807) is 19.1 Å². The third-order valence-electron chi connectivity index (χ3n) is 2.10. The Balaban J connectivity index is 3.17. The maximum absolute atomic E-state index is 12.2. The average Bonchev–Trinajstić information content (AvgIpc) is 2.20. The summed E-state index contributed by atoms with van der Waals surface area (Å²) in [4.78, 5) is 0.176. The monoisotopic (exact) mass is 385 g/mol. The van der Waals surface area contributed by atoms with Crippen molar-refractivity contribution in [1.82, 2.24) is 4.31 Å². The van der Waals surface area contributed by atoms with Gasteiger partial charge in [-0.2, -0.15) is 4.31 Å². The minimum absolute atomic E-state index is 0.0568. The molecule has 96 valence electrons. The number of nitrogens with zero attached hydrogens (tertiary/aromatic N) is 1. The molecular weight excluding hydrogens is 374 g/mol. The van der Waals surface area contributed by atoms with Crippen LogP contribution in [0, 0.1) is 0 Å². The number of benzene rings is 1. The zero-order chi connectivity index (χ0) is 13.2. The molecule has 17 heavy (non-hydrogen) atoms. The lowest BCUT2D eigenvalue weighted by atomic mass is 10.4. The van der Waals surface area contributed by atoms with Crippen LogP contribution >= 0.6 is 31.9 Å². The van der Waals surface area contributed by atoms with Crippen molar-refractivity contribution in [2.75, 3.05) is 13.6 Å². The van der Waals surface area contributed by atoms with Gasteiger partial charge in [-0.1, -0.05) is 15.9 Å². The Bertz CT molecular complexity index is 502. The maximum atomic E-state index is 12.2. The molecule has 0 saturated heterocycles. The van der Waals surface area contributed by atoms with Gasteiger partial charge in [-0.25, -0.2) is 8.42 Å². The Morgan fingerprint density at radius 2 is 2.00 bits per heavy atom. The van der Waals surface area contributed by atoms with Crippen molar-refractivity contribution < 1.29 is 13.5 Å². The van der Waals surface area contributed by atoms with Crippen LogP contribution in [0.15, 0.2) is 32.0 Å². The molecule has 0 aliphatic carbocycles. The molecule has 0 aliphatic heterocycles. The summed E-state index contributed by atoms with van der Waals surface area (Å²) in [6.45, 7) is 1.60. The number of hydrogen-bond donors (Lipinski definition) is 1. The van der Waals surface area contributed by atoms with E-state index in [1.807, 2.05) is 0 Å². The molecule has 0 fully saturated rings. The van der Waals surface area contributed by atoms with Crippen LogP contribution in [0.5, 0.6) is 0 Å². The number of aliphatic hydroxyl groups excluding tert-OH is 1. The third-order valence-corrected chi connectivity index (χ3v) is 5.41. The van der Waals surface area contributed by atoms with Crippen LogP contribution in [0.4, 0.5) is 0 Å². The predicted molar refractivity (Wildman–Crippen MR) is 73.3 cm³/mol. The van der Waals surface area contributed by atoms with E-state index in [0.29, 0.717) is 8.95 Å². The molecule has 0 aromatic heterocycles. The van der Waals surface area contributed by atoms with Crippen LogP contribution < -0.4 is 0 Å². The van der Waals surface area contributed by atoms with E-state index in [9.17, 15) is 13.5 Å². The smallest absolute Gasteiger partial charge is 0.244 e. The van der Waals surface area contributed by atoms with E-state index >= 15 is 0 Å². The fourth-order valence-corrected chi connectivity index (χ4v) is 4.02. The SMILES string of the molecule is CC(O)CN(C)S(=O)(=O)c1cc(Br)ccc1Br. The van der Waals surface area contributed by atoms with Crippen molar-refractivity contribution in [3.63, 3.8) is 0 Å². The summed E-state index contributed by atoms with van der Waals surface area (Å²) in [7, 11) is -2.15. The highest BCUT2D eigenvalue weighted by Gasteiger charge is 2.24. The fraction of sp³-hybridized carbons (Fsp3) is 0.400. The molecule has 1 aromatic rings. The first kappa shape index (κ1) is 15.1. The summed E-state index contributed by atoms with van der Waals surface area (Å²) in [6.07, 6.45) is -0.708. The molecule has 1 unspecified atom stereocenters. The molecule has 1 rings (SSSR count). The van der Waals surface area contributed by atoms with Gasteiger partial charge in [0, 0.05) is 22.5 Å². The standard InChI is InChI=1S/C10H13Br2NO3S/c1-7(14)6-13(2)17(15,16)10-5-8(11)3-4-9(10)12/h3-5,7,14H,6H2,1-2H3. The van der Waals surface area contributed by atoms with Crippen LogP contribution in [0.25, 0.3) is 0 Å². The highest BCUT2D eigenvalue weighted by Crippen LogP contribution is 2.27. The van der Waals surface area contributed by atoms with Crippen LogP contribution in [0.3, 0.4) is 0 Å². The molecule has 4 nitrogen and oxygen atoms in total. The number of rotatable bonds is 4. The van der Waals surface area contributed by atoms with Gasteiger partial charge in [0.1, 0.15) is 0 Å². The van der Waals surface area contributed by atoms with Gasteiger partial charge in [-0.05, 0) is 41.1 Å². The van der Waals surface area contributed by atoms with Gasteiger partial charge >= 0.3 is 0 Å². The van der Waals surface area contributed by atoms with Crippen molar-refractivity contribution in [1.29, 1.82) is 0 Å². The summed E-state index contributed by atoms with van der Waals surface area (Å²) in [5, 5.41) is 9.23. The number of halogens is 2. The zero-order valence-electron chi connectivity index (χ0n) is 9.39. The topological polar surface area (TPSA) is 57.6 Å². The highest BCUT2D eigenvalue weighted by molar-refractivity contribution is 9.11. The van der Waals surface area contributed by atoms with Crippen molar-refractivity contribution >= 4 is 41.9 Å². The van der Waals surface area contributed by atoms with Gasteiger partial charge in [0.15, 0.2) is 0 Å². The number of aliphatic hydroxyl groups is 1. The maximum Gasteiger partial charge on any atom is 0.244 e. The molecule has 0 saturated carbocycles. The van der Waals surface area contributed by atoms with Gasteiger partial charge in [0.25, 0.3) is 0 Å². The quantitative estimate of drug-likeness (QED) is 0.862. The molecular formula is C10H13Br2NO3S. The van der Waals surface area contributed by atoms with Gasteiger partial charge in [-0.3, -0.25) is 0 Å².